The van der Waals surface area contributed by atoms with Gasteiger partial charge in [0.25, 0.3) is 0 Å². The third-order valence-electron chi connectivity index (χ3n) is 4.77. The summed E-state index contributed by atoms with van der Waals surface area (Å²) in [6.07, 6.45) is 0.685. The van der Waals surface area contributed by atoms with Gasteiger partial charge in [-0.15, -0.1) is 0 Å². The minimum Gasteiger partial charge on any atom is -0.440 e. The highest BCUT2D eigenvalue weighted by atomic mass is 16.4. The Morgan fingerprint density at radius 1 is 0.900 bits per heavy atom. The fourth-order valence-electron chi connectivity index (χ4n) is 3.27. The fourth-order valence-corrected chi connectivity index (χ4v) is 3.27. The number of hydrogen-bond donors (Lipinski definition) is 2. The van der Waals surface area contributed by atoms with Crippen LogP contribution in [0.4, 0.5) is 5.69 Å². The van der Waals surface area contributed by atoms with E-state index in [-0.39, 0.29) is 12.3 Å². The maximum Gasteiger partial charge on any atom is 0.224 e. The van der Waals surface area contributed by atoms with Gasteiger partial charge in [-0.25, -0.2) is 4.98 Å². The lowest BCUT2D eigenvalue weighted by Crippen LogP contribution is -2.12. The van der Waals surface area contributed by atoms with Gasteiger partial charge in [-0.05, 0) is 17.7 Å². The molecule has 5 nitrogen and oxygen atoms in total. The predicted octanol–water partition coefficient (Wildman–Crippen LogP) is 5.04. The number of rotatable bonds is 7. The number of nitrogens with two attached hydrogens (primary N) is 1. The fraction of sp³-hybridized carbons (Fsp3) is 0.120. The number of oxazole rings is 1. The van der Waals surface area contributed by atoms with Crippen LogP contribution in [0.15, 0.2) is 89.3 Å². The molecule has 4 rings (SSSR count). The molecule has 0 spiro atoms. The van der Waals surface area contributed by atoms with Crippen molar-refractivity contribution in [2.75, 3.05) is 5.32 Å². The lowest BCUT2D eigenvalue weighted by Gasteiger charge is -2.05. The van der Waals surface area contributed by atoms with Crippen molar-refractivity contribution in [3.63, 3.8) is 0 Å². The number of aryl methyl sites for hydroxylation is 1. The molecule has 150 valence electrons. The highest BCUT2D eigenvalue weighted by Gasteiger charge is 2.17. The van der Waals surface area contributed by atoms with Crippen LogP contribution in [0.5, 0.6) is 0 Å². The summed E-state index contributed by atoms with van der Waals surface area (Å²) in [6, 6.07) is 27.4. The summed E-state index contributed by atoms with van der Waals surface area (Å²) < 4.78 is 6.08. The van der Waals surface area contributed by atoms with E-state index in [1.807, 2.05) is 84.9 Å². The Bertz CT molecular complexity index is 1060. The zero-order valence-corrected chi connectivity index (χ0v) is 16.5. The van der Waals surface area contributed by atoms with Gasteiger partial charge in [0.15, 0.2) is 11.7 Å². The molecule has 5 heteroatoms. The van der Waals surface area contributed by atoms with E-state index >= 15 is 0 Å². The van der Waals surface area contributed by atoms with Crippen LogP contribution in [0, 0.1) is 0 Å². The van der Waals surface area contributed by atoms with E-state index in [2.05, 4.69) is 5.32 Å². The number of hydrogen-bond acceptors (Lipinski definition) is 4. The zero-order valence-electron chi connectivity index (χ0n) is 16.5. The SMILES string of the molecule is NCc1cccc(NC(=O)CCc2nc(-c3ccccc3)c(-c3ccccc3)o2)c1. The maximum atomic E-state index is 12.4. The van der Waals surface area contributed by atoms with E-state index in [0.717, 1.165) is 28.1 Å². The molecule has 0 atom stereocenters. The molecular formula is C25H23N3O2. The molecule has 1 heterocycles. The Balaban J connectivity index is 1.52. The largest absolute Gasteiger partial charge is 0.440 e. The Morgan fingerprint density at radius 3 is 2.30 bits per heavy atom. The van der Waals surface area contributed by atoms with Crippen LogP contribution in [0.2, 0.25) is 0 Å². The first-order valence-corrected chi connectivity index (χ1v) is 9.92. The third kappa shape index (κ3) is 4.64. The summed E-state index contributed by atoms with van der Waals surface area (Å²) in [7, 11) is 0. The topological polar surface area (TPSA) is 81.1 Å². The van der Waals surface area contributed by atoms with Gasteiger partial charge in [0.1, 0.15) is 5.69 Å². The number of carbonyl (C=O) groups is 1. The number of benzene rings is 3. The van der Waals surface area contributed by atoms with Crippen LogP contribution in [-0.4, -0.2) is 10.9 Å². The molecule has 0 unspecified atom stereocenters. The first-order chi connectivity index (χ1) is 14.7. The summed E-state index contributed by atoms with van der Waals surface area (Å²) in [4.78, 5) is 17.1. The van der Waals surface area contributed by atoms with Crippen molar-refractivity contribution < 1.29 is 9.21 Å². The van der Waals surface area contributed by atoms with Crippen LogP contribution >= 0.6 is 0 Å². The summed E-state index contributed by atoms with van der Waals surface area (Å²) in [5.41, 5.74) is 10.1. The summed E-state index contributed by atoms with van der Waals surface area (Å²) >= 11 is 0. The lowest BCUT2D eigenvalue weighted by atomic mass is 10.1. The highest BCUT2D eigenvalue weighted by Crippen LogP contribution is 2.32. The van der Waals surface area contributed by atoms with E-state index in [1.165, 1.54) is 0 Å². The summed E-state index contributed by atoms with van der Waals surface area (Å²) in [5, 5.41) is 2.91. The van der Waals surface area contributed by atoms with Gasteiger partial charge in [-0.3, -0.25) is 4.79 Å². The van der Waals surface area contributed by atoms with E-state index in [1.54, 1.807) is 0 Å². The van der Waals surface area contributed by atoms with E-state index in [0.29, 0.717) is 24.6 Å². The summed E-state index contributed by atoms with van der Waals surface area (Å²) in [6.45, 7) is 0.435. The van der Waals surface area contributed by atoms with Crippen molar-refractivity contribution in [2.45, 2.75) is 19.4 Å². The smallest absolute Gasteiger partial charge is 0.224 e. The van der Waals surface area contributed by atoms with Crippen molar-refractivity contribution in [1.29, 1.82) is 0 Å². The van der Waals surface area contributed by atoms with Crippen molar-refractivity contribution in [2.24, 2.45) is 5.73 Å². The lowest BCUT2D eigenvalue weighted by molar-refractivity contribution is -0.116. The van der Waals surface area contributed by atoms with Crippen molar-refractivity contribution in [3.8, 4) is 22.6 Å². The van der Waals surface area contributed by atoms with Gasteiger partial charge in [0.05, 0.1) is 0 Å². The summed E-state index contributed by atoms with van der Waals surface area (Å²) in [5.74, 6) is 1.16. The molecule has 0 fully saturated rings. The molecule has 0 aliphatic heterocycles. The first-order valence-electron chi connectivity index (χ1n) is 9.92. The molecule has 30 heavy (non-hydrogen) atoms. The normalized spacial score (nSPS) is 10.7. The average Bonchev–Trinajstić information content (AvgIpc) is 3.23. The second-order valence-electron chi connectivity index (χ2n) is 6.97. The molecule has 3 N–H and O–H groups in total. The second kappa shape index (κ2) is 9.20. The molecule has 0 saturated carbocycles. The van der Waals surface area contributed by atoms with Crippen LogP contribution < -0.4 is 11.1 Å². The van der Waals surface area contributed by atoms with Gasteiger partial charge < -0.3 is 15.5 Å². The predicted molar refractivity (Wildman–Crippen MR) is 119 cm³/mol. The number of nitrogens with one attached hydrogen (secondary N) is 1. The number of amides is 1. The van der Waals surface area contributed by atoms with Gasteiger partial charge in [-0.2, -0.15) is 0 Å². The van der Waals surface area contributed by atoms with Crippen molar-refractivity contribution in [3.05, 3.63) is 96.4 Å². The van der Waals surface area contributed by atoms with Gasteiger partial charge >= 0.3 is 0 Å². The van der Waals surface area contributed by atoms with E-state index < -0.39 is 0 Å². The Morgan fingerprint density at radius 2 is 1.60 bits per heavy atom. The Hall–Kier alpha value is -3.70. The minimum atomic E-state index is -0.0927. The van der Waals surface area contributed by atoms with Gasteiger partial charge in [0.2, 0.25) is 5.91 Å². The highest BCUT2D eigenvalue weighted by molar-refractivity contribution is 5.90. The number of carbonyl (C=O) groups excluding carboxylic acids is 1. The Labute approximate surface area is 175 Å². The molecule has 1 amide bonds. The maximum absolute atomic E-state index is 12.4. The number of aromatic nitrogens is 1. The van der Waals surface area contributed by atoms with Crippen molar-refractivity contribution in [1.82, 2.24) is 4.98 Å². The number of anilines is 1. The monoisotopic (exact) mass is 397 g/mol. The minimum absolute atomic E-state index is 0.0927. The van der Waals surface area contributed by atoms with Crippen molar-refractivity contribution >= 4 is 11.6 Å². The molecule has 3 aromatic carbocycles. The molecule has 0 aliphatic carbocycles. The van der Waals surface area contributed by atoms with Crippen LogP contribution in [0.1, 0.15) is 17.9 Å². The van der Waals surface area contributed by atoms with Crippen LogP contribution in [-0.2, 0) is 17.8 Å². The molecule has 0 aliphatic rings. The molecule has 0 radical (unpaired) electrons. The molecule has 1 aromatic heterocycles. The van der Waals surface area contributed by atoms with Crippen LogP contribution in [0.3, 0.4) is 0 Å². The standard InChI is InChI=1S/C25H23N3O2/c26-17-18-8-7-13-21(16-18)27-22(29)14-15-23-28-24(19-9-3-1-4-10-19)25(30-23)20-11-5-2-6-12-20/h1-13,16H,14-15,17,26H2,(H,27,29). The van der Waals surface area contributed by atoms with Gasteiger partial charge in [0, 0.05) is 36.2 Å². The molecule has 0 bridgehead atoms. The Kier molecular flexibility index (Phi) is 6.01. The third-order valence-corrected chi connectivity index (χ3v) is 4.77. The average molecular weight is 397 g/mol. The molecular weight excluding hydrogens is 374 g/mol. The van der Waals surface area contributed by atoms with Gasteiger partial charge in [-0.1, -0.05) is 72.8 Å². The van der Waals surface area contributed by atoms with E-state index in [4.69, 9.17) is 15.1 Å². The van der Waals surface area contributed by atoms with Crippen LogP contribution in [0.25, 0.3) is 22.6 Å². The molecule has 0 saturated heterocycles. The zero-order chi connectivity index (χ0) is 20.8. The molecule has 4 aromatic rings. The first kappa shape index (κ1) is 19.6. The quantitative estimate of drug-likeness (QED) is 0.458. The number of nitrogens with zero attached hydrogens (tertiary/aromatic N) is 1. The second-order valence-corrected chi connectivity index (χ2v) is 6.97. The van der Waals surface area contributed by atoms with E-state index in [9.17, 15) is 4.79 Å².